The highest BCUT2D eigenvalue weighted by molar-refractivity contribution is 6.10. The summed E-state index contributed by atoms with van der Waals surface area (Å²) in [7, 11) is 0. The van der Waals surface area contributed by atoms with Gasteiger partial charge in [-0.1, -0.05) is 42.8 Å². The highest BCUT2D eigenvalue weighted by atomic mass is 16.2. The summed E-state index contributed by atoms with van der Waals surface area (Å²) in [6.07, 6.45) is 4.69. The Hall–Kier alpha value is -3.64. The molecule has 3 aromatic rings. The summed E-state index contributed by atoms with van der Waals surface area (Å²) >= 11 is 0. The number of hydrogen-bond acceptors (Lipinski definition) is 4. The van der Waals surface area contributed by atoms with Gasteiger partial charge in [0.1, 0.15) is 0 Å². The first-order valence-electron chi connectivity index (χ1n) is 12.5. The van der Waals surface area contributed by atoms with Crippen molar-refractivity contribution >= 4 is 23.2 Å². The molecule has 1 saturated heterocycles. The van der Waals surface area contributed by atoms with Gasteiger partial charge in [0.25, 0.3) is 11.8 Å². The van der Waals surface area contributed by atoms with Crippen LogP contribution in [0.2, 0.25) is 0 Å². The van der Waals surface area contributed by atoms with Crippen LogP contribution in [0, 0.1) is 0 Å². The highest BCUT2D eigenvalue weighted by Gasteiger charge is 2.26. The Labute approximate surface area is 206 Å². The molecule has 5 rings (SSSR count). The number of fused-ring (bicyclic) bond motifs is 1. The van der Waals surface area contributed by atoms with Crippen LogP contribution >= 0.6 is 0 Å². The Kier molecular flexibility index (Phi) is 7.09. The molecule has 35 heavy (non-hydrogen) atoms. The maximum absolute atomic E-state index is 13.0. The van der Waals surface area contributed by atoms with Crippen molar-refractivity contribution in [1.82, 2.24) is 10.2 Å². The van der Waals surface area contributed by atoms with Crippen molar-refractivity contribution in [1.29, 1.82) is 0 Å². The Morgan fingerprint density at radius 3 is 2.46 bits per heavy atom. The fraction of sp³-hybridized carbons (Fsp3) is 0.310. The van der Waals surface area contributed by atoms with Crippen molar-refractivity contribution in [2.24, 2.45) is 0 Å². The average molecular weight is 469 g/mol. The zero-order valence-corrected chi connectivity index (χ0v) is 20.0. The molecule has 3 N–H and O–H groups in total. The molecule has 3 aromatic carbocycles. The summed E-state index contributed by atoms with van der Waals surface area (Å²) in [5.41, 5.74) is 5.95. The van der Waals surface area contributed by atoms with Crippen molar-refractivity contribution in [3.05, 3.63) is 94.5 Å². The lowest BCUT2D eigenvalue weighted by atomic mass is 9.96. The summed E-state index contributed by atoms with van der Waals surface area (Å²) in [5.74, 6) is -0.360. The third-order valence-electron chi connectivity index (χ3n) is 6.90. The number of hydrogen-bond donors (Lipinski definition) is 3. The van der Waals surface area contributed by atoms with Crippen LogP contribution in [0.25, 0.3) is 0 Å². The van der Waals surface area contributed by atoms with Crippen molar-refractivity contribution in [3.8, 4) is 0 Å². The molecule has 6 heteroatoms. The second kappa shape index (κ2) is 10.7. The van der Waals surface area contributed by atoms with E-state index in [0.717, 1.165) is 36.3 Å². The van der Waals surface area contributed by atoms with E-state index in [2.05, 4.69) is 33.0 Å². The summed E-state index contributed by atoms with van der Waals surface area (Å²) in [4.78, 5) is 28.1. The molecule has 0 saturated carbocycles. The molecule has 0 bridgehead atoms. The van der Waals surface area contributed by atoms with E-state index in [9.17, 15) is 9.59 Å². The van der Waals surface area contributed by atoms with Gasteiger partial charge in [0.2, 0.25) is 0 Å². The lowest BCUT2D eigenvalue weighted by Gasteiger charge is -2.26. The Balaban J connectivity index is 1.23. The molecule has 6 nitrogen and oxygen atoms in total. The first kappa shape index (κ1) is 23.1. The van der Waals surface area contributed by atoms with E-state index in [1.54, 1.807) is 0 Å². The third-order valence-corrected chi connectivity index (χ3v) is 6.90. The number of rotatable bonds is 8. The van der Waals surface area contributed by atoms with E-state index in [1.807, 2.05) is 54.6 Å². The fourth-order valence-electron chi connectivity index (χ4n) is 4.97. The number of carbonyl (C=O) groups excluding carboxylic acids is 2. The molecular formula is C29H32N4O2. The number of nitrogens with zero attached hydrogens (tertiary/aromatic N) is 1. The minimum atomic E-state index is -0.220. The number of carbonyl (C=O) groups is 2. The SMILES string of the molecule is O=C(Nc1ccc(Cc2ccccc2)c2c1C(=O)NC2)c1ccc(NCCN2CCCCC2)cc1. The minimum Gasteiger partial charge on any atom is -0.384 e. The number of amides is 2. The predicted molar refractivity (Wildman–Crippen MR) is 140 cm³/mol. The van der Waals surface area contributed by atoms with Gasteiger partial charge in [0.05, 0.1) is 11.3 Å². The Morgan fingerprint density at radius 1 is 0.914 bits per heavy atom. The summed E-state index contributed by atoms with van der Waals surface area (Å²) in [6, 6.07) is 21.6. The van der Waals surface area contributed by atoms with E-state index in [1.165, 1.54) is 37.9 Å². The lowest BCUT2D eigenvalue weighted by molar-refractivity contribution is 0.0966. The van der Waals surface area contributed by atoms with Gasteiger partial charge in [0.15, 0.2) is 0 Å². The standard InChI is InChI=1S/C29H32N4O2/c34-28(22-9-12-24(13-10-22)30-15-18-33-16-5-2-6-17-33)32-26-14-11-23(19-21-7-3-1-4-8-21)25-20-31-29(35)27(25)26/h1,3-4,7-14,30H,2,5-6,15-20H2,(H,31,35)(H,32,34). The van der Waals surface area contributed by atoms with E-state index in [-0.39, 0.29) is 11.8 Å². The normalized spacial score (nSPS) is 15.4. The molecular weight excluding hydrogens is 436 g/mol. The second-order valence-electron chi connectivity index (χ2n) is 9.33. The van der Waals surface area contributed by atoms with E-state index in [0.29, 0.717) is 23.4 Å². The zero-order chi connectivity index (χ0) is 24.0. The van der Waals surface area contributed by atoms with Gasteiger partial charge in [0, 0.05) is 30.9 Å². The summed E-state index contributed by atoms with van der Waals surface area (Å²) in [6.45, 7) is 4.79. The zero-order valence-electron chi connectivity index (χ0n) is 20.0. The van der Waals surface area contributed by atoms with Crippen LogP contribution in [0.3, 0.4) is 0 Å². The molecule has 0 spiro atoms. The molecule has 2 aliphatic rings. The third kappa shape index (κ3) is 5.54. The first-order valence-corrected chi connectivity index (χ1v) is 12.5. The van der Waals surface area contributed by atoms with E-state index in [4.69, 9.17) is 0 Å². The van der Waals surface area contributed by atoms with Crippen LogP contribution in [0.15, 0.2) is 66.7 Å². The van der Waals surface area contributed by atoms with Gasteiger partial charge in [-0.2, -0.15) is 0 Å². The molecule has 0 aliphatic carbocycles. The van der Waals surface area contributed by atoms with Crippen LogP contribution in [0.4, 0.5) is 11.4 Å². The van der Waals surface area contributed by atoms with Crippen molar-refractivity contribution in [3.63, 3.8) is 0 Å². The largest absolute Gasteiger partial charge is 0.384 e. The second-order valence-corrected chi connectivity index (χ2v) is 9.33. The summed E-state index contributed by atoms with van der Waals surface area (Å²) < 4.78 is 0. The monoisotopic (exact) mass is 468 g/mol. The Bertz CT molecular complexity index is 1190. The fourth-order valence-corrected chi connectivity index (χ4v) is 4.97. The quantitative estimate of drug-likeness (QED) is 0.449. The highest BCUT2D eigenvalue weighted by Crippen LogP contribution is 2.29. The number of anilines is 2. The van der Waals surface area contributed by atoms with Crippen molar-refractivity contribution in [2.45, 2.75) is 32.2 Å². The topological polar surface area (TPSA) is 73.5 Å². The van der Waals surface area contributed by atoms with Crippen LogP contribution in [0.1, 0.15) is 56.7 Å². The van der Waals surface area contributed by atoms with Crippen molar-refractivity contribution < 1.29 is 9.59 Å². The number of likely N-dealkylation sites (tertiary alicyclic amines) is 1. The average Bonchev–Trinajstić information content (AvgIpc) is 3.29. The number of nitrogens with one attached hydrogen (secondary N) is 3. The first-order chi connectivity index (χ1) is 17.2. The maximum atomic E-state index is 13.0. The van der Waals surface area contributed by atoms with Gasteiger partial charge in [-0.05, 0) is 79.4 Å². The van der Waals surface area contributed by atoms with Crippen molar-refractivity contribution in [2.75, 3.05) is 36.8 Å². The molecule has 0 unspecified atom stereocenters. The molecule has 2 aliphatic heterocycles. The Morgan fingerprint density at radius 2 is 1.69 bits per heavy atom. The van der Waals surface area contributed by atoms with Crippen LogP contribution in [0.5, 0.6) is 0 Å². The van der Waals surface area contributed by atoms with Crippen LogP contribution < -0.4 is 16.0 Å². The minimum absolute atomic E-state index is 0.140. The van der Waals surface area contributed by atoms with Gasteiger partial charge in [-0.15, -0.1) is 0 Å². The molecule has 1 fully saturated rings. The van der Waals surface area contributed by atoms with Crippen LogP contribution in [-0.4, -0.2) is 42.9 Å². The van der Waals surface area contributed by atoms with E-state index >= 15 is 0 Å². The van der Waals surface area contributed by atoms with Gasteiger partial charge >= 0.3 is 0 Å². The molecule has 0 aromatic heterocycles. The molecule has 0 atom stereocenters. The van der Waals surface area contributed by atoms with Gasteiger partial charge in [-0.25, -0.2) is 0 Å². The van der Waals surface area contributed by atoms with Crippen LogP contribution in [-0.2, 0) is 13.0 Å². The summed E-state index contributed by atoms with van der Waals surface area (Å²) in [5, 5.41) is 9.32. The van der Waals surface area contributed by atoms with Gasteiger partial charge in [-0.3, -0.25) is 9.59 Å². The smallest absolute Gasteiger partial charge is 0.255 e. The predicted octanol–water partition coefficient (Wildman–Crippen LogP) is 4.67. The molecule has 0 radical (unpaired) electrons. The maximum Gasteiger partial charge on any atom is 0.255 e. The van der Waals surface area contributed by atoms with E-state index < -0.39 is 0 Å². The number of benzene rings is 3. The molecule has 2 heterocycles. The molecule has 180 valence electrons. The molecule has 2 amide bonds. The number of piperidine rings is 1. The van der Waals surface area contributed by atoms with Gasteiger partial charge < -0.3 is 20.9 Å². The lowest BCUT2D eigenvalue weighted by Crippen LogP contribution is -2.33.